The van der Waals surface area contributed by atoms with Crippen molar-refractivity contribution in [3.63, 3.8) is 0 Å². The molecule has 4 rings (SSSR count). The summed E-state index contributed by atoms with van der Waals surface area (Å²) >= 11 is 1.88. The van der Waals surface area contributed by atoms with Gasteiger partial charge in [-0.25, -0.2) is 9.18 Å². The first-order valence-corrected chi connectivity index (χ1v) is 10.8. The molecule has 2 aromatic rings. The van der Waals surface area contributed by atoms with Crippen LogP contribution in [0.5, 0.6) is 0 Å². The quantitative estimate of drug-likeness (QED) is 0.388. The second kappa shape index (κ2) is 8.81. The number of rotatable bonds is 8. The van der Waals surface area contributed by atoms with Gasteiger partial charge in [-0.05, 0) is 30.5 Å². The molecule has 3 atom stereocenters. The van der Waals surface area contributed by atoms with Crippen LogP contribution in [0.2, 0.25) is 0 Å². The van der Waals surface area contributed by atoms with Crippen molar-refractivity contribution in [2.24, 2.45) is 0 Å². The summed E-state index contributed by atoms with van der Waals surface area (Å²) in [7, 11) is 0. The molecule has 0 bridgehead atoms. The minimum absolute atomic E-state index is 0.0741. The second-order valence-electron chi connectivity index (χ2n) is 7.32. The zero-order valence-electron chi connectivity index (χ0n) is 15.8. The van der Waals surface area contributed by atoms with Crippen LogP contribution in [-0.4, -0.2) is 50.2 Å². The highest BCUT2D eigenvalue weighted by Gasteiger charge is 2.42. The van der Waals surface area contributed by atoms with Crippen molar-refractivity contribution in [2.75, 3.05) is 11.1 Å². The van der Waals surface area contributed by atoms with Crippen LogP contribution in [0.25, 0.3) is 0 Å². The molecule has 2 aliphatic rings. The molecule has 0 radical (unpaired) electrons. The van der Waals surface area contributed by atoms with Crippen molar-refractivity contribution >= 4 is 29.6 Å². The molecule has 0 saturated carbocycles. The number of nitrogens with one attached hydrogen (secondary N) is 4. The predicted octanol–water partition coefficient (Wildman–Crippen LogP) is 2.20. The Morgan fingerprint density at radius 2 is 2.07 bits per heavy atom. The van der Waals surface area contributed by atoms with Crippen molar-refractivity contribution in [3.8, 4) is 0 Å². The SMILES string of the molecule is O=C(CCCCC1SCC2NC(=O)NC21)Nc1n[nH]c(Cc2ccc(F)cc2)n1. The van der Waals surface area contributed by atoms with Crippen molar-refractivity contribution < 1.29 is 14.0 Å². The molecule has 29 heavy (non-hydrogen) atoms. The number of H-pyrrole nitrogens is 1. The number of anilines is 1. The van der Waals surface area contributed by atoms with E-state index in [-0.39, 0.29) is 35.8 Å². The van der Waals surface area contributed by atoms with Gasteiger partial charge in [0.1, 0.15) is 11.6 Å². The number of thioether (sulfide) groups is 1. The van der Waals surface area contributed by atoms with Gasteiger partial charge < -0.3 is 10.6 Å². The molecule has 3 unspecified atom stereocenters. The van der Waals surface area contributed by atoms with E-state index >= 15 is 0 Å². The second-order valence-corrected chi connectivity index (χ2v) is 8.60. The Labute approximate surface area is 171 Å². The van der Waals surface area contributed by atoms with Crippen LogP contribution in [0.15, 0.2) is 24.3 Å². The van der Waals surface area contributed by atoms with Crippen LogP contribution in [0.1, 0.15) is 37.1 Å². The summed E-state index contributed by atoms with van der Waals surface area (Å²) in [6.45, 7) is 0. The predicted molar refractivity (Wildman–Crippen MR) is 108 cm³/mol. The van der Waals surface area contributed by atoms with Gasteiger partial charge >= 0.3 is 6.03 Å². The topological polar surface area (TPSA) is 112 Å². The average molecular weight is 418 g/mol. The van der Waals surface area contributed by atoms with E-state index in [1.165, 1.54) is 12.1 Å². The summed E-state index contributed by atoms with van der Waals surface area (Å²) in [6.07, 6.45) is 3.56. The van der Waals surface area contributed by atoms with E-state index in [2.05, 4.69) is 31.1 Å². The number of aromatic nitrogens is 3. The van der Waals surface area contributed by atoms with Gasteiger partial charge in [0.25, 0.3) is 0 Å². The van der Waals surface area contributed by atoms with Crippen LogP contribution in [-0.2, 0) is 11.2 Å². The van der Waals surface area contributed by atoms with E-state index in [4.69, 9.17) is 0 Å². The van der Waals surface area contributed by atoms with Crippen molar-refractivity contribution in [2.45, 2.75) is 49.4 Å². The summed E-state index contributed by atoms with van der Waals surface area (Å²) in [5.41, 5.74) is 0.904. The number of hydrogen-bond donors (Lipinski definition) is 4. The largest absolute Gasteiger partial charge is 0.332 e. The van der Waals surface area contributed by atoms with Crippen molar-refractivity contribution in [3.05, 3.63) is 41.5 Å². The monoisotopic (exact) mass is 418 g/mol. The third-order valence-electron chi connectivity index (χ3n) is 5.15. The van der Waals surface area contributed by atoms with Crippen LogP contribution in [0.3, 0.4) is 0 Å². The first-order chi connectivity index (χ1) is 14.1. The van der Waals surface area contributed by atoms with Gasteiger partial charge in [-0.2, -0.15) is 16.7 Å². The Kier molecular flexibility index (Phi) is 5.98. The summed E-state index contributed by atoms with van der Waals surface area (Å²) in [6, 6.07) is 6.54. The smallest absolute Gasteiger partial charge is 0.315 e. The molecular weight excluding hydrogens is 395 g/mol. The number of unbranched alkanes of at least 4 members (excludes halogenated alkanes) is 1. The lowest BCUT2D eigenvalue weighted by atomic mass is 10.0. The normalized spacial score (nSPS) is 22.8. The zero-order valence-corrected chi connectivity index (χ0v) is 16.6. The molecule has 3 heterocycles. The number of carbonyl (C=O) groups excluding carboxylic acids is 2. The fourth-order valence-electron chi connectivity index (χ4n) is 3.69. The van der Waals surface area contributed by atoms with Crippen LogP contribution in [0.4, 0.5) is 15.1 Å². The number of nitrogens with zero attached hydrogens (tertiary/aromatic N) is 2. The van der Waals surface area contributed by atoms with Gasteiger partial charge in [-0.15, -0.1) is 5.10 Å². The number of amides is 3. The Balaban J connectivity index is 1.16. The van der Waals surface area contributed by atoms with Gasteiger partial charge in [0.05, 0.1) is 12.1 Å². The number of carbonyl (C=O) groups is 2. The van der Waals surface area contributed by atoms with Crippen LogP contribution >= 0.6 is 11.8 Å². The fourth-order valence-corrected chi connectivity index (χ4v) is 5.23. The molecule has 2 aliphatic heterocycles. The molecule has 8 nitrogen and oxygen atoms in total. The molecule has 2 fully saturated rings. The Hall–Kier alpha value is -2.62. The molecule has 4 N–H and O–H groups in total. The third-order valence-corrected chi connectivity index (χ3v) is 6.66. The van der Waals surface area contributed by atoms with Gasteiger partial charge in [-0.3, -0.25) is 15.2 Å². The van der Waals surface area contributed by atoms with E-state index < -0.39 is 0 Å². The van der Waals surface area contributed by atoms with Crippen LogP contribution in [0, 0.1) is 5.82 Å². The zero-order chi connectivity index (χ0) is 20.2. The minimum atomic E-state index is -0.282. The molecule has 0 spiro atoms. The highest BCUT2D eigenvalue weighted by atomic mass is 32.2. The summed E-state index contributed by atoms with van der Waals surface area (Å²) in [5, 5.41) is 15.8. The van der Waals surface area contributed by atoms with Gasteiger partial charge in [0, 0.05) is 23.8 Å². The Morgan fingerprint density at radius 1 is 1.24 bits per heavy atom. The highest BCUT2D eigenvalue weighted by Crippen LogP contribution is 2.33. The highest BCUT2D eigenvalue weighted by molar-refractivity contribution is 8.00. The Bertz CT molecular complexity index is 874. The van der Waals surface area contributed by atoms with E-state index in [1.54, 1.807) is 12.1 Å². The fraction of sp³-hybridized carbons (Fsp3) is 0.474. The number of halogens is 1. The lowest BCUT2D eigenvalue weighted by Crippen LogP contribution is -2.36. The molecule has 1 aromatic heterocycles. The lowest BCUT2D eigenvalue weighted by molar-refractivity contribution is -0.116. The minimum Gasteiger partial charge on any atom is -0.332 e. The Morgan fingerprint density at radius 3 is 2.90 bits per heavy atom. The molecule has 3 amide bonds. The maximum Gasteiger partial charge on any atom is 0.315 e. The van der Waals surface area contributed by atoms with Crippen molar-refractivity contribution in [1.29, 1.82) is 0 Å². The molecule has 154 valence electrons. The number of urea groups is 1. The first kappa shape index (κ1) is 19.7. The van der Waals surface area contributed by atoms with Crippen LogP contribution < -0.4 is 16.0 Å². The lowest BCUT2D eigenvalue weighted by Gasteiger charge is -2.16. The van der Waals surface area contributed by atoms with Crippen molar-refractivity contribution in [1.82, 2.24) is 25.8 Å². The van der Waals surface area contributed by atoms with Gasteiger partial charge in [0.2, 0.25) is 11.9 Å². The number of hydrogen-bond acceptors (Lipinski definition) is 5. The summed E-state index contributed by atoms with van der Waals surface area (Å²) in [4.78, 5) is 27.8. The first-order valence-electron chi connectivity index (χ1n) is 9.71. The van der Waals surface area contributed by atoms with Gasteiger partial charge in [0.15, 0.2) is 0 Å². The van der Waals surface area contributed by atoms with E-state index in [1.807, 2.05) is 11.8 Å². The number of aromatic amines is 1. The van der Waals surface area contributed by atoms with E-state index in [0.717, 1.165) is 30.6 Å². The third kappa shape index (κ3) is 5.06. The maximum atomic E-state index is 13.0. The summed E-state index contributed by atoms with van der Waals surface area (Å²) in [5.74, 6) is 1.40. The standard InChI is InChI=1S/C19H23FN6O2S/c20-12-7-5-11(6-8-12)9-15-22-18(26-25-15)23-16(27)4-2-1-3-14-17-13(10-29-14)21-19(28)24-17/h5-8,13-14,17H,1-4,9-10H2,(H2,21,24,28)(H2,22,23,25,26,27). The molecule has 2 saturated heterocycles. The number of fused-ring (bicyclic) bond motifs is 1. The van der Waals surface area contributed by atoms with E-state index in [0.29, 0.717) is 23.9 Å². The van der Waals surface area contributed by atoms with Gasteiger partial charge in [-0.1, -0.05) is 18.6 Å². The molecule has 1 aromatic carbocycles. The number of benzene rings is 1. The molecular formula is C19H23FN6O2S. The summed E-state index contributed by atoms with van der Waals surface area (Å²) < 4.78 is 13.0. The molecule has 0 aliphatic carbocycles. The maximum absolute atomic E-state index is 13.0. The molecule has 10 heteroatoms. The average Bonchev–Trinajstić information content (AvgIpc) is 3.38. The van der Waals surface area contributed by atoms with E-state index in [9.17, 15) is 14.0 Å².